The molecule has 0 spiro atoms. The van der Waals surface area contributed by atoms with E-state index in [0.29, 0.717) is 24.2 Å². The quantitative estimate of drug-likeness (QED) is 0.117. The van der Waals surface area contributed by atoms with Gasteiger partial charge in [-0.2, -0.15) is 26.3 Å². The number of benzene rings is 4. The summed E-state index contributed by atoms with van der Waals surface area (Å²) in [4.78, 5) is 70.0. The van der Waals surface area contributed by atoms with Gasteiger partial charge in [0.1, 0.15) is 25.3 Å². The smallest absolute Gasteiger partial charge is 0.374 e. The Morgan fingerprint density at radius 2 is 0.958 bits per heavy atom. The van der Waals surface area contributed by atoms with Crippen molar-refractivity contribution in [3.05, 3.63) is 137 Å². The highest BCUT2D eigenvalue weighted by Gasteiger charge is 2.64. The maximum absolute atomic E-state index is 14.2. The van der Waals surface area contributed by atoms with Gasteiger partial charge in [0.05, 0.1) is 31.5 Å². The fourth-order valence-corrected chi connectivity index (χ4v) is 8.98. The van der Waals surface area contributed by atoms with Gasteiger partial charge in [0.2, 0.25) is 0 Å². The predicted octanol–water partition coefficient (Wildman–Crippen LogP) is 9.83. The standard InChI is InChI=1S/2C23H19Cl2F4N3O4/c2*1-3-32-21(34)18(10-35-32)30-20(33)14-5-4-12(6-11(14)2)17-9-22(36-31-17,23(27,28)29)13-7-15(24)19(26)16(25)8-13/h2*4-8,18H,3,9-10H2,1-2H3,(H,30,33)/t2*18-,22-/m10/s1. The van der Waals surface area contributed by atoms with Crippen LogP contribution in [-0.2, 0) is 40.1 Å². The molecule has 2 fully saturated rings. The van der Waals surface area contributed by atoms with E-state index in [4.69, 9.17) is 65.8 Å². The van der Waals surface area contributed by atoms with E-state index in [-0.39, 0.29) is 58.7 Å². The van der Waals surface area contributed by atoms with E-state index in [2.05, 4.69) is 20.9 Å². The van der Waals surface area contributed by atoms with E-state index in [1.807, 2.05) is 0 Å². The molecule has 4 aromatic carbocycles. The van der Waals surface area contributed by atoms with Gasteiger partial charge in [0.15, 0.2) is 11.6 Å². The van der Waals surface area contributed by atoms with Crippen molar-refractivity contribution >= 4 is 81.5 Å². The maximum atomic E-state index is 14.2. The second-order valence-electron chi connectivity index (χ2n) is 16.5. The number of nitrogens with one attached hydrogen (secondary N) is 2. The van der Waals surface area contributed by atoms with Crippen LogP contribution in [0.15, 0.2) is 71.0 Å². The minimum atomic E-state index is -4.94. The average Bonchev–Trinajstić information content (AvgIpc) is 4.13. The highest BCUT2D eigenvalue weighted by Crippen LogP contribution is 2.51. The average molecular weight is 1100 g/mol. The first-order valence-electron chi connectivity index (χ1n) is 21.4. The van der Waals surface area contributed by atoms with Gasteiger partial charge in [-0.3, -0.25) is 28.9 Å². The van der Waals surface area contributed by atoms with Crippen LogP contribution in [0, 0.1) is 25.5 Å². The monoisotopic (exact) mass is 1090 g/mol. The number of halogens is 12. The molecule has 4 atom stereocenters. The summed E-state index contributed by atoms with van der Waals surface area (Å²) in [5.74, 6) is -3.91. The van der Waals surface area contributed by atoms with Crippen LogP contribution < -0.4 is 10.6 Å². The molecule has 0 radical (unpaired) electrons. The van der Waals surface area contributed by atoms with Crippen molar-refractivity contribution in [2.24, 2.45) is 10.3 Å². The van der Waals surface area contributed by atoms with Gasteiger partial charge in [-0.25, -0.2) is 18.9 Å². The Morgan fingerprint density at radius 1 is 0.625 bits per heavy atom. The molecule has 0 aliphatic carbocycles. The lowest BCUT2D eigenvalue weighted by Crippen LogP contribution is -2.43. The van der Waals surface area contributed by atoms with Gasteiger partial charge >= 0.3 is 12.4 Å². The lowest BCUT2D eigenvalue weighted by molar-refractivity contribution is -0.276. The van der Waals surface area contributed by atoms with Crippen LogP contribution in [0.4, 0.5) is 35.1 Å². The summed E-state index contributed by atoms with van der Waals surface area (Å²) >= 11 is 22.9. The molecular weight excluding hydrogens is 1060 g/mol. The fourth-order valence-electron chi connectivity index (χ4n) is 8.01. The molecule has 4 aromatic rings. The lowest BCUT2D eigenvalue weighted by atomic mass is 9.86. The van der Waals surface area contributed by atoms with Crippen LogP contribution in [0.3, 0.4) is 0 Å². The van der Waals surface area contributed by atoms with Gasteiger partial charge in [0, 0.05) is 48.2 Å². The second-order valence-corrected chi connectivity index (χ2v) is 18.2. The number of amides is 4. The first-order valence-corrected chi connectivity index (χ1v) is 22.9. The Morgan fingerprint density at radius 3 is 1.24 bits per heavy atom. The second kappa shape index (κ2) is 20.6. The topological polar surface area (TPSA) is 160 Å². The van der Waals surface area contributed by atoms with Crippen LogP contribution >= 0.6 is 46.4 Å². The van der Waals surface area contributed by atoms with Crippen LogP contribution in [0.2, 0.25) is 20.1 Å². The predicted molar refractivity (Wildman–Crippen MR) is 244 cm³/mol. The summed E-state index contributed by atoms with van der Waals surface area (Å²) in [5, 5.41) is 12.5. The molecule has 2 N–H and O–H groups in total. The minimum Gasteiger partial charge on any atom is -0.374 e. The molecule has 4 amide bonds. The van der Waals surface area contributed by atoms with E-state index in [1.165, 1.54) is 36.4 Å². The Balaban J connectivity index is 0.000000211. The third-order valence-corrected chi connectivity index (χ3v) is 13.0. The van der Waals surface area contributed by atoms with Crippen molar-refractivity contribution in [1.82, 2.24) is 20.8 Å². The van der Waals surface area contributed by atoms with Crippen LogP contribution in [0.5, 0.6) is 0 Å². The third kappa shape index (κ3) is 10.3. The fraction of sp³-hybridized carbons (Fsp3) is 0.348. The van der Waals surface area contributed by atoms with E-state index in [1.54, 1.807) is 27.7 Å². The minimum absolute atomic E-state index is 0.000628. The summed E-state index contributed by atoms with van der Waals surface area (Å²) in [6, 6.07) is 10.2. The largest absolute Gasteiger partial charge is 0.435 e. The zero-order valence-corrected chi connectivity index (χ0v) is 40.8. The molecule has 0 aromatic heterocycles. The molecule has 14 nitrogen and oxygen atoms in total. The summed E-state index contributed by atoms with van der Waals surface area (Å²) in [7, 11) is 0. The molecule has 0 saturated carbocycles. The van der Waals surface area contributed by atoms with E-state index >= 15 is 0 Å². The lowest BCUT2D eigenvalue weighted by Gasteiger charge is -2.29. The summed E-state index contributed by atoms with van der Waals surface area (Å²) in [5.41, 5.74) is -5.06. The number of rotatable bonds is 10. The van der Waals surface area contributed by atoms with E-state index < -0.39 is 103 Å². The number of aryl methyl sites for hydroxylation is 2. The Bertz CT molecular complexity index is 2690. The van der Waals surface area contributed by atoms with Crippen LogP contribution in [-0.4, -0.2) is 95.9 Å². The number of hydroxylamine groups is 4. The highest BCUT2D eigenvalue weighted by atomic mass is 35.5. The van der Waals surface area contributed by atoms with Crippen molar-refractivity contribution in [2.45, 2.75) is 76.2 Å². The molecule has 8 rings (SSSR count). The summed E-state index contributed by atoms with van der Waals surface area (Å²) in [6.07, 6.45) is -11.4. The number of alkyl halides is 6. The number of likely N-dealkylation sites (N-methyl/N-ethyl adjacent to an activating group) is 2. The number of hydrogen-bond donors (Lipinski definition) is 2. The van der Waals surface area contributed by atoms with E-state index in [0.717, 1.165) is 34.4 Å². The molecule has 384 valence electrons. The molecular formula is C46H38Cl4F8N6O8. The highest BCUT2D eigenvalue weighted by molar-refractivity contribution is 6.35. The van der Waals surface area contributed by atoms with Gasteiger partial charge < -0.3 is 20.3 Å². The normalized spacial score (nSPS) is 22.0. The molecule has 0 unspecified atom stereocenters. The maximum Gasteiger partial charge on any atom is 0.435 e. The number of oxime groups is 2. The number of carbonyl (C=O) groups is 4. The van der Waals surface area contributed by atoms with E-state index in [9.17, 15) is 54.3 Å². The van der Waals surface area contributed by atoms with Gasteiger partial charge in [-0.15, -0.1) is 0 Å². The summed E-state index contributed by atoms with van der Waals surface area (Å²) in [6.45, 7) is 7.31. The van der Waals surface area contributed by atoms with Gasteiger partial charge in [-0.05, 0) is 98.5 Å². The first kappa shape index (κ1) is 54.0. The van der Waals surface area contributed by atoms with Gasteiger partial charge in [0.25, 0.3) is 34.8 Å². The van der Waals surface area contributed by atoms with Crippen molar-refractivity contribution in [2.75, 3.05) is 26.3 Å². The SMILES string of the molecule is CCN1OC[C@@H](NC(=O)c2ccc(C3=NO[C@](c4cc(Cl)c(F)c(Cl)c4)(C(F)(F)F)C3)cc2C)C1=O.CCN1OC[C@H](NC(=O)c2ccc(C3=NO[C@@](c4cc(Cl)c(F)c(Cl)c4)(C(F)(F)F)C3)cc2C)C1=O. The molecule has 0 bridgehead atoms. The third-order valence-electron chi connectivity index (χ3n) is 11.9. The molecule has 2 saturated heterocycles. The molecule has 4 heterocycles. The Labute approximate surface area is 423 Å². The number of carbonyl (C=O) groups excluding carboxylic acids is 4. The van der Waals surface area contributed by atoms with Crippen molar-refractivity contribution in [1.29, 1.82) is 0 Å². The molecule has 4 aliphatic rings. The Kier molecular flexibility index (Phi) is 15.5. The first-order chi connectivity index (χ1) is 33.7. The van der Waals surface area contributed by atoms with Crippen LogP contribution in [0.1, 0.15) is 80.8 Å². The number of hydrogen-bond acceptors (Lipinski definition) is 10. The summed E-state index contributed by atoms with van der Waals surface area (Å²) < 4.78 is 113. The Hall–Kier alpha value is -5.78. The number of nitrogens with zero attached hydrogens (tertiary/aromatic N) is 4. The van der Waals surface area contributed by atoms with Crippen molar-refractivity contribution < 1.29 is 73.7 Å². The molecule has 72 heavy (non-hydrogen) atoms. The zero-order valence-electron chi connectivity index (χ0n) is 37.8. The van der Waals surface area contributed by atoms with Gasteiger partial charge in [-0.1, -0.05) is 68.8 Å². The molecule has 26 heteroatoms. The zero-order chi connectivity index (χ0) is 52.8. The van der Waals surface area contributed by atoms with Crippen molar-refractivity contribution in [3.8, 4) is 0 Å². The van der Waals surface area contributed by atoms with Crippen molar-refractivity contribution in [3.63, 3.8) is 0 Å². The molecule has 4 aliphatic heterocycles. The van der Waals surface area contributed by atoms with Crippen LogP contribution in [0.25, 0.3) is 0 Å².